The van der Waals surface area contributed by atoms with E-state index in [2.05, 4.69) is 29.0 Å². The molecule has 0 atom stereocenters. The lowest BCUT2D eigenvalue weighted by atomic mass is 9.98. The molecule has 0 aliphatic heterocycles. The average molecular weight is 314 g/mol. The van der Waals surface area contributed by atoms with Crippen molar-refractivity contribution in [2.45, 2.75) is 46.0 Å². The van der Waals surface area contributed by atoms with Gasteiger partial charge >= 0.3 is 6.03 Å². The number of hydrogen-bond acceptors (Lipinski definition) is 2. The highest BCUT2D eigenvalue weighted by atomic mass is 32.1. The summed E-state index contributed by atoms with van der Waals surface area (Å²) in [5.41, 5.74) is 5.53. The maximum absolute atomic E-state index is 12.4. The van der Waals surface area contributed by atoms with Crippen LogP contribution in [0.1, 0.15) is 41.3 Å². The van der Waals surface area contributed by atoms with E-state index in [-0.39, 0.29) is 6.03 Å². The van der Waals surface area contributed by atoms with Crippen LogP contribution in [0.5, 0.6) is 0 Å². The number of thiophene rings is 1. The number of aryl methyl sites for hydroxylation is 3. The lowest BCUT2D eigenvalue weighted by Crippen LogP contribution is -2.21. The summed E-state index contributed by atoms with van der Waals surface area (Å²) in [7, 11) is 0. The summed E-state index contributed by atoms with van der Waals surface area (Å²) in [6, 6.07) is 5.98. The number of urea groups is 1. The molecule has 116 valence electrons. The van der Waals surface area contributed by atoms with Crippen molar-refractivity contribution in [3.8, 4) is 0 Å². The summed E-state index contributed by atoms with van der Waals surface area (Å²) >= 11 is 1.77. The second-order valence-electron chi connectivity index (χ2n) is 5.80. The number of hydrogen-bond donors (Lipinski definition) is 2. The van der Waals surface area contributed by atoms with E-state index in [1.165, 1.54) is 28.8 Å². The lowest BCUT2D eigenvalue weighted by Gasteiger charge is -2.15. The second-order valence-corrected chi connectivity index (χ2v) is 6.76. The van der Waals surface area contributed by atoms with Gasteiger partial charge in [-0.25, -0.2) is 4.79 Å². The molecule has 1 aromatic heterocycles. The van der Waals surface area contributed by atoms with Gasteiger partial charge in [-0.3, -0.25) is 0 Å². The van der Waals surface area contributed by atoms with Gasteiger partial charge in [0.25, 0.3) is 0 Å². The van der Waals surface area contributed by atoms with Crippen molar-refractivity contribution in [3.63, 3.8) is 0 Å². The summed E-state index contributed by atoms with van der Waals surface area (Å²) in [5, 5.41) is 8.14. The molecule has 0 saturated carbocycles. The minimum absolute atomic E-state index is 0.143. The zero-order valence-corrected chi connectivity index (χ0v) is 14.0. The first-order chi connectivity index (χ1) is 10.7. The minimum atomic E-state index is -0.143. The molecule has 0 saturated heterocycles. The van der Waals surface area contributed by atoms with Crippen molar-refractivity contribution in [1.82, 2.24) is 0 Å². The SMILES string of the molecule is CCc1cccc(C)c1NC(=O)Nc1csc2c1CCCC2. The van der Waals surface area contributed by atoms with Gasteiger partial charge in [0.1, 0.15) is 0 Å². The molecule has 0 spiro atoms. The molecular formula is C18H22N2OS. The Balaban J connectivity index is 1.75. The van der Waals surface area contributed by atoms with Crippen LogP contribution < -0.4 is 10.6 Å². The van der Waals surface area contributed by atoms with Crippen LogP contribution in [0.3, 0.4) is 0 Å². The molecule has 1 aromatic carbocycles. The Labute approximate surface area is 135 Å². The predicted molar refractivity (Wildman–Crippen MR) is 94.2 cm³/mol. The van der Waals surface area contributed by atoms with E-state index in [0.717, 1.165) is 36.2 Å². The standard InChI is InChI=1S/C18H22N2OS/c1-3-13-8-6-7-12(2)17(13)20-18(21)19-15-11-22-16-10-5-4-9-14(15)16/h6-8,11H,3-5,9-10H2,1-2H3,(H2,19,20,21). The highest BCUT2D eigenvalue weighted by Crippen LogP contribution is 2.33. The largest absolute Gasteiger partial charge is 0.323 e. The molecule has 1 aliphatic carbocycles. The zero-order chi connectivity index (χ0) is 15.5. The molecule has 0 unspecified atom stereocenters. The topological polar surface area (TPSA) is 41.1 Å². The number of carbonyl (C=O) groups is 1. The van der Waals surface area contributed by atoms with Crippen molar-refractivity contribution >= 4 is 28.7 Å². The van der Waals surface area contributed by atoms with Crippen molar-refractivity contribution in [3.05, 3.63) is 45.1 Å². The third-order valence-electron chi connectivity index (χ3n) is 4.29. The number of carbonyl (C=O) groups excluding carboxylic acids is 1. The van der Waals surface area contributed by atoms with Crippen LogP contribution in [0.15, 0.2) is 23.6 Å². The fourth-order valence-corrected chi connectivity index (χ4v) is 4.15. The molecule has 2 amide bonds. The van der Waals surface area contributed by atoms with Gasteiger partial charge < -0.3 is 10.6 Å². The average Bonchev–Trinajstić information content (AvgIpc) is 2.92. The first-order valence-electron chi connectivity index (χ1n) is 7.94. The molecule has 2 N–H and O–H groups in total. The van der Waals surface area contributed by atoms with Crippen molar-refractivity contribution < 1.29 is 4.79 Å². The van der Waals surface area contributed by atoms with Crippen LogP contribution in [0.25, 0.3) is 0 Å². The summed E-state index contributed by atoms with van der Waals surface area (Å²) in [6.45, 7) is 4.13. The third kappa shape index (κ3) is 3.02. The summed E-state index contributed by atoms with van der Waals surface area (Å²) < 4.78 is 0. The van der Waals surface area contributed by atoms with Gasteiger partial charge in [-0.05, 0) is 55.7 Å². The smallest absolute Gasteiger partial charge is 0.307 e. The molecule has 0 fully saturated rings. The first-order valence-corrected chi connectivity index (χ1v) is 8.82. The highest BCUT2D eigenvalue weighted by molar-refractivity contribution is 7.10. The Morgan fingerprint density at radius 3 is 2.86 bits per heavy atom. The van der Waals surface area contributed by atoms with Crippen molar-refractivity contribution in [2.75, 3.05) is 10.6 Å². The van der Waals surface area contributed by atoms with Gasteiger partial charge in [-0.2, -0.15) is 0 Å². The monoisotopic (exact) mass is 314 g/mol. The van der Waals surface area contributed by atoms with E-state index >= 15 is 0 Å². The number of anilines is 2. The van der Waals surface area contributed by atoms with Crippen LogP contribution in [0.4, 0.5) is 16.2 Å². The molecule has 4 heteroatoms. The van der Waals surface area contributed by atoms with E-state index in [4.69, 9.17) is 0 Å². The quantitative estimate of drug-likeness (QED) is 0.809. The number of amides is 2. The molecule has 2 aromatic rings. The predicted octanol–water partition coefficient (Wildman–Crippen LogP) is 5.14. The van der Waals surface area contributed by atoms with Crippen molar-refractivity contribution in [2.24, 2.45) is 0 Å². The second kappa shape index (κ2) is 6.53. The Hall–Kier alpha value is -1.81. The van der Waals surface area contributed by atoms with Crippen LogP contribution in [-0.4, -0.2) is 6.03 Å². The summed E-state index contributed by atoms with van der Waals surface area (Å²) in [4.78, 5) is 13.8. The molecule has 0 bridgehead atoms. The van der Waals surface area contributed by atoms with Gasteiger partial charge in [-0.15, -0.1) is 11.3 Å². The van der Waals surface area contributed by atoms with Crippen LogP contribution >= 0.6 is 11.3 Å². The van der Waals surface area contributed by atoms with E-state index in [1.807, 2.05) is 19.1 Å². The van der Waals surface area contributed by atoms with Gasteiger partial charge in [0, 0.05) is 15.9 Å². The Morgan fingerprint density at radius 2 is 2.05 bits per heavy atom. The van der Waals surface area contributed by atoms with Gasteiger partial charge in [0.15, 0.2) is 0 Å². The number of para-hydroxylation sites is 1. The normalized spacial score (nSPS) is 13.5. The van der Waals surface area contributed by atoms with Crippen LogP contribution in [-0.2, 0) is 19.3 Å². The molecule has 1 aliphatic rings. The summed E-state index contributed by atoms with van der Waals surface area (Å²) in [6.07, 6.45) is 5.63. The van der Waals surface area contributed by atoms with Crippen molar-refractivity contribution in [1.29, 1.82) is 0 Å². The highest BCUT2D eigenvalue weighted by Gasteiger charge is 2.17. The molecule has 0 radical (unpaired) electrons. The van der Waals surface area contributed by atoms with E-state index in [0.29, 0.717) is 0 Å². The Bertz CT molecular complexity index is 690. The van der Waals surface area contributed by atoms with Crippen LogP contribution in [0.2, 0.25) is 0 Å². The lowest BCUT2D eigenvalue weighted by molar-refractivity contribution is 0.262. The summed E-state index contributed by atoms with van der Waals surface area (Å²) in [5.74, 6) is 0. The molecule has 3 rings (SSSR count). The minimum Gasteiger partial charge on any atom is -0.307 e. The van der Waals surface area contributed by atoms with Gasteiger partial charge in [0.05, 0.1) is 5.69 Å². The van der Waals surface area contributed by atoms with E-state index in [1.54, 1.807) is 11.3 Å². The number of nitrogens with one attached hydrogen (secondary N) is 2. The molecule has 22 heavy (non-hydrogen) atoms. The van der Waals surface area contributed by atoms with Crippen LogP contribution in [0, 0.1) is 6.92 Å². The molecule has 3 nitrogen and oxygen atoms in total. The molecule has 1 heterocycles. The number of fused-ring (bicyclic) bond motifs is 1. The van der Waals surface area contributed by atoms with Gasteiger partial charge in [0.2, 0.25) is 0 Å². The molecular weight excluding hydrogens is 292 g/mol. The van der Waals surface area contributed by atoms with Gasteiger partial charge in [-0.1, -0.05) is 25.1 Å². The van der Waals surface area contributed by atoms with E-state index < -0.39 is 0 Å². The Kier molecular flexibility index (Phi) is 4.48. The fourth-order valence-electron chi connectivity index (χ4n) is 3.07. The maximum atomic E-state index is 12.4. The first kappa shape index (κ1) is 15.1. The maximum Gasteiger partial charge on any atom is 0.323 e. The Morgan fingerprint density at radius 1 is 1.23 bits per heavy atom. The third-order valence-corrected chi connectivity index (χ3v) is 5.38. The number of rotatable bonds is 3. The zero-order valence-electron chi connectivity index (χ0n) is 13.2. The van der Waals surface area contributed by atoms with E-state index in [9.17, 15) is 4.79 Å². The number of benzene rings is 1. The fraction of sp³-hybridized carbons (Fsp3) is 0.389.